The van der Waals surface area contributed by atoms with Gasteiger partial charge in [0.05, 0.1) is 24.2 Å². The molecule has 31 heavy (non-hydrogen) atoms. The van der Waals surface area contributed by atoms with Crippen molar-refractivity contribution < 1.29 is 23.0 Å². The molecule has 3 aromatic rings. The van der Waals surface area contributed by atoms with E-state index in [2.05, 4.69) is 10.3 Å². The summed E-state index contributed by atoms with van der Waals surface area (Å²) in [6.45, 7) is 6.71. The van der Waals surface area contributed by atoms with Gasteiger partial charge in [-0.3, -0.25) is 9.36 Å². The molecule has 1 atom stereocenters. The molecular formula is C22H23F2N3O4. The van der Waals surface area contributed by atoms with Crippen molar-refractivity contribution in [1.82, 2.24) is 14.9 Å². The first kappa shape index (κ1) is 22.2. The number of fused-ring (bicyclic) bond motifs is 1. The molecule has 0 unspecified atom stereocenters. The highest BCUT2D eigenvalue weighted by Gasteiger charge is 2.24. The number of ether oxygens (including phenoxy) is 2. The third-order valence-electron chi connectivity index (χ3n) is 4.33. The zero-order chi connectivity index (χ0) is 22.9. The third-order valence-corrected chi connectivity index (χ3v) is 4.33. The van der Waals surface area contributed by atoms with Crippen LogP contribution in [0.2, 0.25) is 0 Å². The van der Waals surface area contributed by atoms with Crippen LogP contribution < -0.4 is 15.6 Å². The fraction of sp³-hybridized carbons (Fsp3) is 0.318. The number of rotatable bonds is 4. The van der Waals surface area contributed by atoms with E-state index in [1.165, 1.54) is 13.2 Å². The van der Waals surface area contributed by atoms with Crippen molar-refractivity contribution in [2.45, 2.75) is 39.3 Å². The zero-order valence-corrected chi connectivity index (χ0v) is 17.8. The van der Waals surface area contributed by atoms with Crippen molar-refractivity contribution in [2.75, 3.05) is 7.11 Å². The Bertz CT molecular complexity index is 1180. The maximum absolute atomic E-state index is 13.9. The van der Waals surface area contributed by atoms with E-state index in [9.17, 15) is 18.4 Å². The highest BCUT2D eigenvalue weighted by Crippen LogP contribution is 2.25. The first-order valence-electron chi connectivity index (χ1n) is 9.56. The van der Waals surface area contributed by atoms with E-state index in [0.717, 1.165) is 16.7 Å². The molecule has 0 spiro atoms. The van der Waals surface area contributed by atoms with Gasteiger partial charge in [0, 0.05) is 6.07 Å². The minimum Gasteiger partial charge on any atom is -0.494 e. The van der Waals surface area contributed by atoms with Gasteiger partial charge < -0.3 is 14.8 Å². The zero-order valence-electron chi connectivity index (χ0n) is 17.8. The molecule has 1 N–H and O–H groups in total. The number of alkyl carbamates (subject to hydrolysis) is 1. The van der Waals surface area contributed by atoms with Gasteiger partial charge in [-0.1, -0.05) is 6.07 Å². The molecule has 0 aliphatic rings. The third kappa shape index (κ3) is 4.82. The van der Waals surface area contributed by atoms with Crippen LogP contribution >= 0.6 is 0 Å². The molecule has 2 aromatic carbocycles. The SMILES string of the molecule is COc1cccc2c(=O)n(-c3cc(F)cc(F)c3)c([C@H](C)NC(=O)OC(C)(C)C)nc12. The Kier molecular flexibility index (Phi) is 5.97. The number of nitrogens with zero attached hydrogens (tertiary/aromatic N) is 2. The first-order valence-corrected chi connectivity index (χ1v) is 9.56. The largest absolute Gasteiger partial charge is 0.494 e. The number of aromatic nitrogens is 2. The Morgan fingerprint density at radius 1 is 1.16 bits per heavy atom. The van der Waals surface area contributed by atoms with E-state index in [1.54, 1.807) is 39.8 Å². The summed E-state index contributed by atoms with van der Waals surface area (Å²) in [4.78, 5) is 30.1. The minimum atomic E-state index is -0.855. The summed E-state index contributed by atoms with van der Waals surface area (Å²) in [6.07, 6.45) is -0.730. The van der Waals surface area contributed by atoms with Crippen LogP contribution in [0.3, 0.4) is 0 Å². The molecule has 0 saturated carbocycles. The van der Waals surface area contributed by atoms with Crippen LogP contribution in [-0.4, -0.2) is 28.4 Å². The highest BCUT2D eigenvalue weighted by molar-refractivity contribution is 5.84. The molecule has 1 heterocycles. The van der Waals surface area contributed by atoms with Crippen molar-refractivity contribution in [3.8, 4) is 11.4 Å². The fourth-order valence-electron chi connectivity index (χ4n) is 3.12. The van der Waals surface area contributed by atoms with Gasteiger partial charge in [-0.2, -0.15) is 0 Å². The molecule has 0 aliphatic carbocycles. The smallest absolute Gasteiger partial charge is 0.408 e. The summed E-state index contributed by atoms with van der Waals surface area (Å²) in [5.41, 5.74) is -1.11. The Morgan fingerprint density at radius 2 is 1.81 bits per heavy atom. The summed E-state index contributed by atoms with van der Waals surface area (Å²) >= 11 is 0. The van der Waals surface area contributed by atoms with E-state index >= 15 is 0 Å². The molecule has 0 saturated heterocycles. The topological polar surface area (TPSA) is 82.5 Å². The van der Waals surface area contributed by atoms with E-state index in [0.29, 0.717) is 11.8 Å². The van der Waals surface area contributed by atoms with Gasteiger partial charge in [0.25, 0.3) is 5.56 Å². The van der Waals surface area contributed by atoms with Gasteiger partial charge in [-0.25, -0.2) is 18.6 Å². The number of hydrogen-bond acceptors (Lipinski definition) is 5. The molecule has 0 fully saturated rings. The second kappa shape index (κ2) is 8.33. The molecule has 0 radical (unpaired) electrons. The Labute approximate surface area is 177 Å². The van der Waals surface area contributed by atoms with E-state index in [1.807, 2.05) is 0 Å². The normalized spacial score (nSPS) is 12.5. The van der Waals surface area contributed by atoms with Gasteiger partial charge >= 0.3 is 6.09 Å². The number of halogens is 2. The highest BCUT2D eigenvalue weighted by atomic mass is 19.1. The van der Waals surface area contributed by atoms with Crippen LogP contribution in [0.1, 0.15) is 39.6 Å². The molecule has 9 heteroatoms. The number of methoxy groups -OCH3 is 1. The minimum absolute atomic E-state index is 0.0536. The van der Waals surface area contributed by atoms with Gasteiger partial charge in [-0.15, -0.1) is 0 Å². The second-order valence-electron chi connectivity index (χ2n) is 7.96. The Hall–Kier alpha value is -3.49. The Morgan fingerprint density at radius 3 is 2.39 bits per heavy atom. The lowest BCUT2D eigenvalue weighted by Gasteiger charge is -2.23. The summed E-state index contributed by atoms with van der Waals surface area (Å²) in [5, 5.41) is 2.80. The van der Waals surface area contributed by atoms with Gasteiger partial charge in [-0.05, 0) is 52.0 Å². The summed E-state index contributed by atoms with van der Waals surface area (Å²) in [5.74, 6) is -1.31. The number of carbonyl (C=O) groups excluding carboxylic acids is 1. The average molecular weight is 431 g/mol. The van der Waals surface area contributed by atoms with Crippen LogP contribution in [0.4, 0.5) is 13.6 Å². The summed E-state index contributed by atoms with van der Waals surface area (Å²) < 4.78 is 39.5. The fourth-order valence-corrected chi connectivity index (χ4v) is 3.12. The van der Waals surface area contributed by atoms with Crippen LogP contribution in [0.15, 0.2) is 41.2 Å². The van der Waals surface area contributed by atoms with Crippen molar-refractivity contribution in [1.29, 1.82) is 0 Å². The lowest BCUT2D eigenvalue weighted by atomic mass is 10.2. The van der Waals surface area contributed by atoms with Crippen molar-refractivity contribution in [2.24, 2.45) is 0 Å². The second-order valence-corrected chi connectivity index (χ2v) is 7.96. The van der Waals surface area contributed by atoms with Gasteiger partial charge in [0.2, 0.25) is 0 Å². The van der Waals surface area contributed by atoms with Crippen LogP contribution in [0.25, 0.3) is 16.6 Å². The summed E-state index contributed by atoms with van der Waals surface area (Å²) in [6, 6.07) is 6.68. The maximum atomic E-state index is 13.9. The van der Waals surface area contributed by atoms with Crippen molar-refractivity contribution >= 4 is 17.0 Å². The lowest BCUT2D eigenvalue weighted by Crippen LogP contribution is -2.37. The van der Waals surface area contributed by atoms with Crippen molar-refractivity contribution in [3.63, 3.8) is 0 Å². The predicted molar refractivity (Wildman–Crippen MR) is 112 cm³/mol. The molecule has 3 rings (SSSR count). The number of carbonyl (C=O) groups is 1. The first-order chi connectivity index (χ1) is 14.5. The van der Waals surface area contributed by atoms with Crippen molar-refractivity contribution in [3.05, 3.63) is 64.2 Å². The van der Waals surface area contributed by atoms with E-state index < -0.39 is 34.9 Å². The molecule has 164 valence electrons. The monoisotopic (exact) mass is 431 g/mol. The standard InChI is InChI=1S/C22H23F2N3O4/c1-12(25-21(29)31-22(2,3)4)19-26-18-16(7-6-8-17(18)30-5)20(28)27(19)15-10-13(23)9-14(24)11-15/h6-12H,1-5H3,(H,25,29)/t12-/m0/s1. The summed E-state index contributed by atoms with van der Waals surface area (Å²) in [7, 11) is 1.44. The van der Waals surface area contributed by atoms with E-state index in [-0.39, 0.29) is 22.4 Å². The van der Waals surface area contributed by atoms with Gasteiger partial charge in [0.1, 0.15) is 34.3 Å². The molecule has 1 aromatic heterocycles. The molecule has 7 nitrogen and oxygen atoms in total. The number of hydrogen-bond donors (Lipinski definition) is 1. The van der Waals surface area contributed by atoms with Crippen LogP contribution in [-0.2, 0) is 4.74 Å². The maximum Gasteiger partial charge on any atom is 0.408 e. The average Bonchev–Trinajstić information content (AvgIpc) is 2.64. The quantitative estimate of drug-likeness (QED) is 0.668. The van der Waals surface area contributed by atoms with Gasteiger partial charge in [0.15, 0.2) is 0 Å². The molecular weight excluding hydrogens is 408 g/mol. The van der Waals surface area contributed by atoms with Crippen LogP contribution in [0.5, 0.6) is 5.75 Å². The molecule has 0 bridgehead atoms. The lowest BCUT2D eigenvalue weighted by molar-refractivity contribution is 0.0505. The number of benzene rings is 2. The number of nitrogens with one attached hydrogen (secondary N) is 1. The molecule has 0 aliphatic heterocycles. The Balaban J connectivity index is 2.24. The van der Waals surface area contributed by atoms with E-state index in [4.69, 9.17) is 9.47 Å². The molecule has 1 amide bonds. The van der Waals surface area contributed by atoms with Crippen LogP contribution in [0, 0.1) is 11.6 Å². The number of para-hydroxylation sites is 1. The number of amides is 1. The predicted octanol–water partition coefficient (Wildman–Crippen LogP) is 4.26.